The summed E-state index contributed by atoms with van der Waals surface area (Å²) >= 11 is 2.19. The zero-order valence-corrected chi connectivity index (χ0v) is 19.2. The fourth-order valence-corrected chi connectivity index (χ4v) is 4.30. The summed E-state index contributed by atoms with van der Waals surface area (Å²) < 4.78 is 34.4. The number of anilines is 1. The number of benzene rings is 3. The first-order valence-electron chi connectivity index (χ1n) is 9.19. The molecule has 6 nitrogen and oxygen atoms in total. The van der Waals surface area contributed by atoms with Crippen LogP contribution in [0.25, 0.3) is 0 Å². The van der Waals surface area contributed by atoms with E-state index in [9.17, 15) is 13.2 Å². The van der Waals surface area contributed by atoms with Gasteiger partial charge in [0.1, 0.15) is 5.75 Å². The molecule has 1 atom stereocenters. The van der Waals surface area contributed by atoms with E-state index in [4.69, 9.17) is 4.74 Å². The number of rotatable bonds is 8. The molecule has 0 fully saturated rings. The Morgan fingerprint density at radius 3 is 2.23 bits per heavy atom. The Morgan fingerprint density at radius 1 is 0.967 bits per heavy atom. The highest BCUT2D eigenvalue weighted by Crippen LogP contribution is 2.19. The van der Waals surface area contributed by atoms with Crippen LogP contribution in [0, 0.1) is 3.57 Å². The maximum atomic E-state index is 12.6. The Balaban J connectivity index is 1.56. The summed E-state index contributed by atoms with van der Waals surface area (Å²) in [7, 11) is -3.69. The minimum Gasteiger partial charge on any atom is -0.484 e. The van der Waals surface area contributed by atoms with Crippen molar-refractivity contribution in [3.05, 3.63) is 88.0 Å². The summed E-state index contributed by atoms with van der Waals surface area (Å²) in [5, 5.41) is 2.74. The monoisotopic (exact) mass is 536 g/mol. The van der Waals surface area contributed by atoms with Gasteiger partial charge >= 0.3 is 0 Å². The Bertz CT molecular complexity index is 1090. The first-order chi connectivity index (χ1) is 14.3. The average molecular weight is 536 g/mol. The molecule has 0 aliphatic carbocycles. The van der Waals surface area contributed by atoms with Gasteiger partial charge in [-0.05, 0) is 83.6 Å². The van der Waals surface area contributed by atoms with E-state index >= 15 is 0 Å². The van der Waals surface area contributed by atoms with E-state index in [0.29, 0.717) is 11.4 Å². The van der Waals surface area contributed by atoms with E-state index in [1.165, 1.54) is 24.3 Å². The van der Waals surface area contributed by atoms with Crippen molar-refractivity contribution < 1.29 is 17.9 Å². The number of hydrogen-bond donors (Lipinski definition) is 2. The zero-order chi connectivity index (χ0) is 21.6. The van der Waals surface area contributed by atoms with Crippen LogP contribution >= 0.6 is 22.6 Å². The Kier molecular flexibility index (Phi) is 7.46. The van der Waals surface area contributed by atoms with Gasteiger partial charge in [-0.3, -0.25) is 4.79 Å². The van der Waals surface area contributed by atoms with Crippen LogP contribution in [0.15, 0.2) is 83.8 Å². The lowest BCUT2D eigenvalue weighted by Crippen LogP contribution is -2.26. The number of sulfonamides is 1. The van der Waals surface area contributed by atoms with Gasteiger partial charge in [0.05, 0.1) is 4.90 Å². The molecule has 0 unspecified atom stereocenters. The molecular formula is C22H21IN2O4S. The van der Waals surface area contributed by atoms with Crippen LogP contribution in [0.4, 0.5) is 5.69 Å². The molecule has 3 aromatic carbocycles. The largest absolute Gasteiger partial charge is 0.484 e. The van der Waals surface area contributed by atoms with E-state index in [-0.39, 0.29) is 23.5 Å². The number of halogens is 1. The molecule has 8 heteroatoms. The highest BCUT2D eigenvalue weighted by molar-refractivity contribution is 14.1. The van der Waals surface area contributed by atoms with Gasteiger partial charge in [-0.1, -0.05) is 30.3 Å². The molecule has 30 heavy (non-hydrogen) atoms. The normalized spacial score (nSPS) is 12.2. The lowest BCUT2D eigenvalue weighted by Gasteiger charge is -2.15. The summed E-state index contributed by atoms with van der Waals surface area (Å²) in [6.45, 7) is 1.61. The molecule has 0 aromatic heterocycles. The van der Waals surface area contributed by atoms with E-state index in [1.54, 1.807) is 6.92 Å². The number of nitrogens with one attached hydrogen (secondary N) is 2. The Hall–Kier alpha value is -2.43. The maximum absolute atomic E-state index is 12.6. The highest BCUT2D eigenvalue weighted by atomic mass is 127. The first kappa shape index (κ1) is 22.3. The van der Waals surface area contributed by atoms with Crippen molar-refractivity contribution in [2.75, 3.05) is 11.9 Å². The van der Waals surface area contributed by atoms with Crippen molar-refractivity contribution in [2.45, 2.75) is 17.9 Å². The van der Waals surface area contributed by atoms with Crippen molar-refractivity contribution in [1.82, 2.24) is 4.72 Å². The number of carbonyl (C=O) groups excluding carboxylic acids is 1. The fraction of sp³-hybridized carbons (Fsp3) is 0.136. The second kappa shape index (κ2) is 10.1. The molecule has 0 heterocycles. The fourth-order valence-electron chi connectivity index (χ4n) is 2.70. The molecular weight excluding hydrogens is 515 g/mol. The van der Waals surface area contributed by atoms with Gasteiger partial charge in [0.2, 0.25) is 10.0 Å². The predicted octanol–water partition coefficient (Wildman–Crippen LogP) is 4.35. The Morgan fingerprint density at radius 2 is 1.60 bits per heavy atom. The van der Waals surface area contributed by atoms with Crippen LogP contribution in [-0.2, 0) is 14.8 Å². The minimum atomic E-state index is -3.69. The van der Waals surface area contributed by atoms with Crippen LogP contribution in [0.3, 0.4) is 0 Å². The third kappa shape index (κ3) is 6.28. The molecule has 1 amide bonds. The zero-order valence-electron chi connectivity index (χ0n) is 16.2. The topological polar surface area (TPSA) is 84.5 Å². The van der Waals surface area contributed by atoms with Gasteiger partial charge in [-0.15, -0.1) is 0 Å². The number of amides is 1. The molecule has 2 N–H and O–H groups in total. The van der Waals surface area contributed by atoms with Gasteiger partial charge in [-0.25, -0.2) is 13.1 Å². The van der Waals surface area contributed by atoms with Crippen LogP contribution in [0.1, 0.15) is 18.5 Å². The molecule has 0 spiro atoms. The molecule has 0 radical (unpaired) electrons. The molecule has 0 bridgehead atoms. The van der Waals surface area contributed by atoms with Gasteiger partial charge in [0.15, 0.2) is 6.61 Å². The summed E-state index contributed by atoms with van der Waals surface area (Å²) in [6, 6.07) is 22.3. The smallest absolute Gasteiger partial charge is 0.262 e. The van der Waals surface area contributed by atoms with E-state index in [0.717, 1.165) is 9.13 Å². The van der Waals surface area contributed by atoms with Crippen molar-refractivity contribution >= 4 is 44.2 Å². The van der Waals surface area contributed by atoms with E-state index in [1.807, 2.05) is 54.6 Å². The molecule has 0 aliphatic rings. The van der Waals surface area contributed by atoms with Gasteiger partial charge in [0.25, 0.3) is 5.91 Å². The van der Waals surface area contributed by atoms with Crippen LogP contribution in [0.2, 0.25) is 0 Å². The third-order valence-electron chi connectivity index (χ3n) is 4.26. The highest BCUT2D eigenvalue weighted by Gasteiger charge is 2.18. The van der Waals surface area contributed by atoms with Crippen molar-refractivity contribution in [2.24, 2.45) is 0 Å². The molecule has 156 valence electrons. The molecule has 0 saturated heterocycles. The summed E-state index contributed by atoms with van der Waals surface area (Å²) in [5.74, 6) is 0.106. The maximum Gasteiger partial charge on any atom is 0.262 e. The standard InChI is InChI=1S/C22H21IN2O4S/c1-16(17-5-3-2-4-6-17)25-30(27,28)21-13-11-20(12-14-21)29-15-22(26)24-19-9-7-18(23)8-10-19/h2-14,16,25H,15H2,1H3,(H,24,26)/t16-/m0/s1. The molecule has 3 aromatic rings. The van der Waals surface area contributed by atoms with E-state index in [2.05, 4.69) is 32.6 Å². The van der Waals surface area contributed by atoms with Gasteiger partial charge < -0.3 is 10.1 Å². The van der Waals surface area contributed by atoms with Crippen molar-refractivity contribution in [3.8, 4) is 5.75 Å². The molecule has 3 rings (SSSR count). The van der Waals surface area contributed by atoms with Crippen LogP contribution < -0.4 is 14.8 Å². The summed E-state index contributed by atoms with van der Waals surface area (Å²) in [4.78, 5) is 12.1. The van der Waals surface area contributed by atoms with Gasteiger partial charge in [-0.2, -0.15) is 0 Å². The lowest BCUT2D eigenvalue weighted by molar-refractivity contribution is -0.118. The van der Waals surface area contributed by atoms with Gasteiger partial charge in [0, 0.05) is 15.3 Å². The summed E-state index contributed by atoms with van der Waals surface area (Å²) in [6.07, 6.45) is 0. The number of ether oxygens (including phenoxy) is 1. The number of carbonyl (C=O) groups is 1. The van der Waals surface area contributed by atoms with E-state index < -0.39 is 10.0 Å². The lowest BCUT2D eigenvalue weighted by atomic mass is 10.1. The van der Waals surface area contributed by atoms with Crippen molar-refractivity contribution in [1.29, 1.82) is 0 Å². The summed E-state index contributed by atoms with van der Waals surface area (Å²) in [5.41, 5.74) is 1.56. The molecule has 0 aliphatic heterocycles. The first-order valence-corrected chi connectivity index (χ1v) is 11.8. The second-order valence-corrected chi connectivity index (χ2v) is 9.53. The van der Waals surface area contributed by atoms with Crippen LogP contribution in [-0.4, -0.2) is 20.9 Å². The quantitative estimate of drug-likeness (QED) is 0.420. The Labute approximate surface area is 189 Å². The minimum absolute atomic E-state index is 0.126. The third-order valence-corrected chi connectivity index (χ3v) is 6.54. The average Bonchev–Trinajstić information content (AvgIpc) is 2.74. The predicted molar refractivity (Wildman–Crippen MR) is 125 cm³/mol. The molecule has 0 saturated carbocycles. The van der Waals surface area contributed by atoms with Crippen molar-refractivity contribution in [3.63, 3.8) is 0 Å². The van der Waals surface area contributed by atoms with Crippen LogP contribution in [0.5, 0.6) is 5.75 Å². The second-order valence-electron chi connectivity index (χ2n) is 6.57. The number of hydrogen-bond acceptors (Lipinski definition) is 4. The SMILES string of the molecule is C[C@H](NS(=O)(=O)c1ccc(OCC(=O)Nc2ccc(I)cc2)cc1)c1ccccc1.